The molecule has 3 N–H and O–H groups in total. The quantitative estimate of drug-likeness (QED) is 0.800. The summed E-state index contributed by atoms with van der Waals surface area (Å²) >= 11 is 0. The molecule has 0 saturated heterocycles. The summed E-state index contributed by atoms with van der Waals surface area (Å²) < 4.78 is 5.01. The highest BCUT2D eigenvalue weighted by Crippen LogP contribution is 2.30. The largest absolute Gasteiger partial charge is 0.507 e. The second-order valence-corrected chi connectivity index (χ2v) is 4.16. The molecule has 0 aliphatic carbocycles. The molecule has 0 saturated carbocycles. The summed E-state index contributed by atoms with van der Waals surface area (Å²) in [6.45, 7) is 4.22. The van der Waals surface area contributed by atoms with Gasteiger partial charge in [0.25, 0.3) is 0 Å². The first-order valence-corrected chi connectivity index (χ1v) is 5.17. The number of aromatic hydroxyl groups is 1. The van der Waals surface area contributed by atoms with Gasteiger partial charge in [-0.3, -0.25) is 0 Å². The van der Waals surface area contributed by atoms with Crippen molar-refractivity contribution in [3.63, 3.8) is 0 Å². The number of rotatable bonds is 4. The number of benzene rings is 1. The van der Waals surface area contributed by atoms with Gasteiger partial charge in [-0.25, -0.2) is 0 Å². The number of hydrogen-bond acceptors (Lipinski definition) is 3. The molecule has 1 atom stereocenters. The Bertz CT molecular complexity index is 323. The first kappa shape index (κ1) is 11.9. The van der Waals surface area contributed by atoms with Gasteiger partial charge < -0.3 is 15.6 Å². The van der Waals surface area contributed by atoms with E-state index in [2.05, 4.69) is 13.8 Å². The van der Waals surface area contributed by atoms with E-state index in [0.29, 0.717) is 11.7 Å². The van der Waals surface area contributed by atoms with Gasteiger partial charge in [-0.05, 0) is 18.4 Å². The van der Waals surface area contributed by atoms with Crippen molar-refractivity contribution in [2.45, 2.75) is 26.3 Å². The Hall–Kier alpha value is -1.22. The first-order chi connectivity index (χ1) is 7.04. The molecule has 1 rings (SSSR count). The van der Waals surface area contributed by atoms with E-state index >= 15 is 0 Å². The Labute approximate surface area is 90.9 Å². The summed E-state index contributed by atoms with van der Waals surface area (Å²) in [5.74, 6) is 1.37. The van der Waals surface area contributed by atoms with Gasteiger partial charge in [0.05, 0.1) is 7.11 Å². The summed E-state index contributed by atoms with van der Waals surface area (Å²) in [7, 11) is 1.57. The van der Waals surface area contributed by atoms with Gasteiger partial charge in [-0.1, -0.05) is 19.9 Å². The topological polar surface area (TPSA) is 55.5 Å². The van der Waals surface area contributed by atoms with Crippen molar-refractivity contribution < 1.29 is 9.84 Å². The summed E-state index contributed by atoms with van der Waals surface area (Å²) in [6, 6.07) is 5.11. The predicted molar refractivity (Wildman–Crippen MR) is 61.0 cm³/mol. The normalized spacial score (nSPS) is 12.9. The number of phenols is 1. The van der Waals surface area contributed by atoms with Crippen LogP contribution in [0, 0.1) is 5.92 Å². The average molecular weight is 209 g/mol. The summed E-state index contributed by atoms with van der Waals surface area (Å²) in [6.07, 6.45) is 0.861. The van der Waals surface area contributed by atoms with E-state index in [4.69, 9.17) is 10.5 Å². The Kier molecular flexibility index (Phi) is 3.97. The molecule has 0 radical (unpaired) electrons. The van der Waals surface area contributed by atoms with Gasteiger partial charge in [0.1, 0.15) is 11.5 Å². The fraction of sp³-hybridized carbons (Fsp3) is 0.500. The highest BCUT2D eigenvalue weighted by atomic mass is 16.5. The zero-order valence-electron chi connectivity index (χ0n) is 9.53. The summed E-state index contributed by atoms with van der Waals surface area (Å²) in [5, 5.41) is 9.75. The second kappa shape index (κ2) is 5.03. The molecule has 0 heterocycles. The van der Waals surface area contributed by atoms with Crippen molar-refractivity contribution in [3.8, 4) is 11.5 Å². The molecule has 0 aromatic heterocycles. The van der Waals surface area contributed by atoms with Gasteiger partial charge in [0.2, 0.25) is 0 Å². The van der Waals surface area contributed by atoms with Crippen LogP contribution in [0.3, 0.4) is 0 Å². The summed E-state index contributed by atoms with van der Waals surface area (Å²) in [4.78, 5) is 0. The zero-order chi connectivity index (χ0) is 11.4. The second-order valence-electron chi connectivity index (χ2n) is 4.16. The van der Waals surface area contributed by atoms with Gasteiger partial charge in [0.15, 0.2) is 0 Å². The molecule has 0 bridgehead atoms. The van der Waals surface area contributed by atoms with Crippen LogP contribution in [0.5, 0.6) is 11.5 Å². The number of ether oxygens (including phenoxy) is 1. The van der Waals surface area contributed by atoms with Crippen LogP contribution < -0.4 is 10.5 Å². The summed E-state index contributed by atoms with van der Waals surface area (Å²) in [5.41, 5.74) is 6.77. The molecular weight excluding hydrogens is 190 g/mol. The van der Waals surface area contributed by atoms with Crippen LogP contribution >= 0.6 is 0 Å². The number of methoxy groups -OCH3 is 1. The Balaban J connectivity index is 2.85. The first-order valence-electron chi connectivity index (χ1n) is 5.17. The van der Waals surface area contributed by atoms with Crippen molar-refractivity contribution >= 4 is 0 Å². The van der Waals surface area contributed by atoms with Crippen molar-refractivity contribution in [1.82, 2.24) is 0 Å². The van der Waals surface area contributed by atoms with E-state index in [0.717, 1.165) is 12.0 Å². The lowest BCUT2D eigenvalue weighted by Crippen LogP contribution is -2.13. The van der Waals surface area contributed by atoms with Crippen molar-refractivity contribution in [2.24, 2.45) is 11.7 Å². The maximum atomic E-state index is 9.75. The molecule has 84 valence electrons. The maximum absolute atomic E-state index is 9.75. The molecule has 0 aliphatic heterocycles. The third-order valence-corrected chi connectivity index (χ3v) is 2.36. The van der Waals surface area contributed by atoms with Crippen LogP contribution in [0.1, 0.15) is 31.9 Å². The monoisotopic (exact) mass is 209 g/mol. The SMILES string of the molecule is COc1ccc([C@H](N)CC(C)C)c(O)c1. The van der Waals surface area contributed by atoms with Gasteiger partial charge in [0, 0.05) is 17.7 Å². The highest BCUT2D eigenvalue weighted by Gasteiger charge is 2.12. The predicted octanol–water partition coefficient (Wildman–Crippen LogP) is 2.45. The minimum atomic E-state index is -0.115. The van der Waals surface area contributed by atoms with Crippen LogP contribution in [0.4, 0.5) is 0 Å². The Morgan fingerprint density at radius 2 is 2.07 bits per heavy atom. The highest BCUT2D eigenvalue weighted by molar-refractivity contribution is 5.41. The van der Waals surface area contributed by atoms with Crippen molar-refractivity contribution in [2.75, 3.05) is 7.11 Å². The lowest BCUT2D eigenvalue weighted by molar-refractivity contribution is 0.403. The van der Waals surface area contributed by atoms with Crippen LogP contribution in [-0.2, 0) is 0 Å². The number of hydrogen-bond donors (Lipinski definition) is 2. The van der Waals surface area contributed by atoms with E-state index in [9.17, 15) is 5.11 Å². The van der Waals surface area contributed by atoms with Gasteiger partial charge >= 0.3 is 0 Å². The lowest BCUT2D eigenvalue weighted by Gasteiger charge is -2.16. The van der Waals surface area contributed by atoms with Crippen molar-refractivity contribution in [3.05, 3.63) is 23.8 Å². The lowest BCUT2D eigenvalue weighted by atomic mass is 9.97. The van der Waals surface area contributed by atoms with E-state index < -0.39 is 0 Å². The van der Waals surface area contributed by atoms with E-state index in [1.165, 1.54) is 0 Å². The molecular formula is C12H19NO2. The van der Waals surface area contributed by atoms with Crippen molar-refractivity contribution in [1.29, 1.82) is 0 Å². The fourth-order valence-corrected chi connectivity index (χ4v) is 1.60. The molecule has 0 fully saturated rings. The van der Waals surface area contributed by atoms with Crippen LogP contribution in [0.15, 0.2) is 18.2 Å². The van der Waals surface area contributed by atoms with E-state index in [1.54, 1.807) is 13.2 Å². The van der Waals surface area contributed by atoms with Gasteiger partial charge in [-0.2, -0.15) is 0 Å². The standard InChI is InChI=1S/C12H19NO2/c1-8(2)6-11(13)10-5-4-9(15-3)7-12(10)14/h4-5,7-8,11,14H,6,13H2,1-3H3/t11-/m1/s1. The number of nitrogens with two attached hydrogens (primary N) is 1. The number of phenolic OH excluding ortho intramolecular Hbond substituents is 1. The molecule has 3 heteroatoms. The van der Waals surface area contributed by atoms with Crippen LogP contribution in [0.2, 0.25) is 0 Å². The maximum Gasteiger partial charge on any atom is 0.124 e. The molecule has 1 aromatic carbocycles. The zero-order valence-corrected chi connectivity index (χ0v) is 9.53. The van der Waals surface area contributed by atoms with Crippen LogP contribution in [-0.4, -0.2) is 12.2 Å². The Morgan fingerprint density at radius 1 is 1.40 bits per heavy atom. The molecule has 3 nitrogen and oxygen atoms in total. The molecule has 0 spiro atoms. The average Bonchev–Trinajstić information content (AvgIpc) is 2.16. The third kappa shape index (κ3) is 3.13. The minimum Gasteiger partial charge on any atom is -0.507 e. The molecule has 0 unspecified atom stereocenters. The fourth-order valence-electron chi connectivity index (χ4n) is 1.60. The van der Waals surface area contributed by atoms with Crippen LogP contribution in [0.25, 0.3) is 0 Å². The Morgan fingerprint density at radius 3 is 2.53 bits per heavy atom. The smallest absolute Gasteiger partial charge is 0.124 e. The van der Waals surface area contributed by atoms with Gasteiger partial charge in [-0.15, -0.1) is 0 Å². The minimum absolute atomic E-state index is 0.115. The molecule has 15 heavy (non-hydrogen) atoms. The molecule has 0 aliphatic rings. The van der Waals surface area contributed by atoms with E-state index in [1.807, 2.05) is 12.1 Å². The van der Waals surface area contributed by atoms with E-state index in [-0.39, 0.29) is 11.8 Å². The molecule has 0 amide bonds. The third-order valence-electron chi connectivity index (χ3n) is 2.36. The molecule has 1 aromatic rings.